The maximum Gasteiger partial charge on any atom is 0.343 e. The van der Waals surface area contributed by atoms with Crippen molar-refractivity contribution >= 4 is 29.5 Å². The molecule has 11 heteroatoms. The number of fused-ring (bicyclic) bond motifs is 1. The molecule has 0 amide bonds. The summed E-state index contributed by atoms with van der Waals surface area (Å²) < 4.78 is 29.9. The predicted molar refractivity (Wildman–Crippen MR) is 126 cm³/mol. The summed E-state index contributed by atoms with van der Waals surface area (Å²) in [4.78, 5) is 40.0. The molecule has 10 nitrogen and oxygen atoms in total. The van der Waals surface area contributed by atoms with Gasteiger partial charge in [-0.15, -0.1) is 0 Å². The second-order valence-corrected chi connectivity index (χ2v) is 13.0. The van der Waals surface area contributed by atoms with Gasteiger partial charge < -0.3 is 33.9 Å². The van der Waals surface area contributed by atoms with Crippen LogP contribution < -0.4 is 0 Å². The Morgan fingerprint density at radius 3 is 2.42 bits per heavy atom. The zero-order chi connectivity index (χ0) is 27.2. The van der Waals surface area contributed by atoms with Gasteiger partial charge in [0.2, 0.25) is 11.9 Å². The van der Waals surface area contributed by atoms with Gasteiger partial charge in [-0.05, 0) is 42.4 Å². The number of carbonyl (C=O) groups excluding carboxylic acids is 3. The van der Waals surface area contributed by atoms with Crippen molar-refractivity contribution in [2.75, 3.05) is 0 Å². The lowest BCUT2D eigenvalue weighted by molar-refractivity contribution is -0.240. The molecule has 0 bridgehead atoms. The van der Waals surface area contributed by atoms with Crippen LogP contribution in [-0.4, -0.2) is 70.0 Å². The fourth-order valence-corrected chi connectivity index (χ4v) is 9.18. The highest BCUT2D eigenvalue weighted by molar-refractivity contribution is 6.30. The number of carbonyl (C=O) groups is 3. The maximum atomic E-state index is 13.8. The van der Waals surface area contributed by atoms with E-state index >= 15 is 0 Å². The average molecular weight is 549 g/mol. The summed E-state index contributed by atoms with van der Waals surface area (Å²) in [6.07, 6.45) is -6.30. The molecule has 6 fully saturated rings. The van der Waals surface area contributed by atoms with Crippen molar-refractivity contribution in [3.05, 3.63) is 34.9 Å². The largest absolute Gasteiger partial charge is 0.459 e. The molecule has 11 atom stereocenters. The Morgan fingerprint density at radius 1 is 1.08 bits per heavy atom. The molecule has 4 aliphatic heterocycles. The van der Waals surface area contributed by atoms with Crippen molar-refractivity contribution in [2.45, 2.75) is 82.6 Å². The van der Waals surface area contributed by atoms with Crippen LogP contribution in [0.5, 0.6) is 0 Å². The molecule has 2 N–H and O–H groups in total. The third-order valence-corrected chi connectivity index (χ3v) is 10.6. The average Bonchev–Trinajstić information content (AvgIpc) is 3.56. The summed E-state index contributed by atoms with van der Waals surface area (Å²) in [6.45, 7) is 7.41. The van der Waals surface area contributed by atoms with Crippen LogP contribution in [-0.2, 0) is 44.7 Å². The van der Waals surface area contributed by atoms with Crippen LogP contribution in [0.4, 0.5) is 0 Å². The lowest BCUT2D eigenvalue weighted by atomic mass is 9.51. The van der Waals surface area contributed by atoms with Crippen LogP contribution >= 0.6 is 11.6 Å². The summed E-state index contributed by atoms with van der Waals surface area (Å²) in [6, 6.07) is 6.95. The van der Waals surface area contributed by atoms with Crippen LogP contribution in [0.25, 0.3) is 0 Å². The number of aliphatic hydroxyl groups is 2. The van der Waals surface area contributed by atoms with E-state index in [0.29, 0.717) is 5.02 Å². The lowest BCUT2D eigenvalue weighted by Gasteiger charge is -2.48. The molecule has 204 valence electrons. The summed E-state index contributed by atoms with van der Waals surface area (Å²) >= 11 is 6.02. The number of hydrogen-bond donors (Lipinski definition) is 2. The topological polar surface area (TPSA) is 138 Å². The second-order valence-electron chi connectivity index (χ2n) is 12.6. The van der Waals surface area contributed by atoms with Gasteiger partial charge in [-0.25, -0.2) is 9.59 Å². The molecule has 4 heterocycles. The SMILES string of the molecule is C[C@H]1C(=O)OC2[C@H](O)C34C5CC(C(C)(C)C)C36C(OC(=O)[C@@H]6OCc3ccc(Cl)cc3)O[C@@]4(C(=O)O5)[C@]21O. The number of esters is 3. The zero-order valence-corrected chi connectivity index (χ0v) is 22.1. The third kappa shape index (κ3) is 2.25. The number of aliphatic hydroxyl groups excluding tert-OH is 1. The molecule has 38 heavy (non-hydrogen) atoms. The molecule has 1 aromatic carbocycles. The maximum absolute atomic E-state index is 13.8. The van der Waals surface area contributed by atoms with Gasteiger partial charge in [-0.2, -0.15) is 0 Å². The van der Waals surface area contributed by atoms with Gasteiger partial charge in [0.15, 0.2) is 17.8 Å². The quantitative estimate of drug-likeness (QED) is 0.422. The molecule has 2 saturated carbocycles. The van der Waals surface area contributed by atoms with Gasteiger partial charge in [-0.1, -0.05) is 44.5 Å². The Kier molecular flexibility index (Phi) is 4.62. The number of benzene rings is 1. The van der Waals surface area contributed by atoms with Crippen LogP contribution in [0.1, 0.15) is 39.7 Å². The van der Waals surface area contributed by atoms with Gasteiger partial charge in [0.25, 0.3) is 0 Å². The van der Waals surface area contributed by atoms with Crippen LogP contribution in [0.2, 0.25) is 5.02 Å². The van der Waals surface area contributed by atoms with E-state index in [-0.39, 0.29) is 13.0 Å². The number of halogens is 1. The summed E-state index contributed by atoms with van der Waals surface area (Å²) in [5.74, 6) is -3.97. The minimum atomic E-state index is -2.24. The third-order valence-electron chi connectivity index (χ3n) is 10.3. The molecule has 2 spiro atoms. The predicted octanol–water partition coefficient (Wildman–Crippen LogP) is 1.51. The zero-order valence-electron chi connectivity index (χ0n) is 21.3. The smallest absolute Gasteiger partial charge is 0.343 e. The molecule has 0 aromatic heterocycles. The Bertz CT molecular complexity index is 1280. The highest BCUT2D eigenvalue weighted by Crippen LogP contribution is 2.84. The highest BCUT2D eigenvalue weighted by atomic mass is 35.5. The first kappa shape index (κ1) is 24.8. The van der Waals surface area contributed by atoms with E-state index in [4.69, 9.17) is 35.3 Å². The first-order valence-electron chi connectivity index (χ1n) is 12.9. The highest BCUT2D eigenvalue weighted by Gasteiger charge is 3.04. The Labute approximate surface area is 223 Å². The van der Waals surface area contributed by atoms with Crippen molar-refractivity contribution in [3.8, 4) is 0 Å². The summed E-state index contributed by atoms with van der Waals surface area (Å²) in [7, 11) is 0. The molecule has 6 unspecified atom stereocenters. The van der Waals surface area contributed by atoms with Crippen molar-refractivity contribution in [2.24, 2.45) is 28.1 Å². The summed E-state index contributed by atoms with van der Waals surface area (Å²) in [5, 5.41) is 24.8. The minimum Gasteiger partial charge on any atom is -0.459 e. The van der Waals surface area contributed by atoms with Crippen LogP contribution in [0, 0.1) is 28.1 Å². The molecule has 2 aliphatic carbocycles. The first-order chi connectivity index (χ1) is 17.8. The molecular weight excluding hydrogens is 520 g/mol. The number of ether oxygens (including phenoxy) is 5. The van der Waals surface area contributed by atoms with E-state index < -0.39 is 87.9 Å². The molecule has 4 saturated heterocycles. The number of hydrogen-bond acceptors (Lipinski definition) is 10. The summed E-state index contributed by atoms with van der Waals surface area (Å²) in [5.41, 5.74) is -7.31. The van der Waals surface area contributed by atoms with Gasteiger partial charge in [0, 0.05) is 5.02 Å². The molecule has 1 aromatic rings. The van der Waals surface area contributed by atoms with Gasteiger partial charge in [-0.3, -0.25) is 4.79 Å². The van der Waals surface area contributed by atoms with E-state index in [1.54, 1.807) is 24.3 Å². The Morgan fingerprint density at radius 2 is 1.76 bits per heavy atom. The van der Waals surface area contributed by atoms with Crippen LogP contribution in [0.3, 0.4) is 0 Å². The minimum absolute atomic E-state index is 0.0139. The fourth-order valence-electron chi connectivity index (χ4n) is 9.06. The van der Waals surface area contributed by atoms with Crippen molar-refractivity contribution < 1.29 is 48.3 Å². The number of rotatable bonds is 3. The van der Waals surface area contributed by atoms with Gasteiger partial charge in [0.1, 0.15) is 12.2 Å². The van der Waals surface area contributed by atoms with Gasteiger partial charge in [0.05, 0.1) is 23.4 Å². The van der Waals surface area contributed by atoms with E-state index in [2.05, 4.69) is 0 Å². The van der Waals surface area contributed by atoms with Crippen molar-refractivity contribution in [3.63, 3.8) is 0 Å². The fraction of sp³-hybridized carbons (Fsp3) is 0.667. The van der Waals surface area contributed by atoms with Crippen LogP contribution in [0.15, 0.2) is 24.3 Å². The first-order valence-corrected chi connectivity index (χ1v) is 13.2. The molecule has 6 aliphatic rings. The lowest BCUT2D eigenvalue weighted by Crippen LogP contribution is -2.67. The van der Waals surface area contributed by atoms with Gasteiger partial charge >= 0.3 is 17.9 Å². The molecule has 7 rings (SSSR count). The van der Waals surface area contributed by atoms with E-state index in [1.165, 1.54) is 6.92 Å². The molecule has 0 radical (unpaired) electrons. The standard InChI is InChI=1S/C27H29ClO10/c1-11-19(30)36-17-16(29)25-15-9-14(23(2,3)4)24(25)18(34-10-12-5-7-13(28)8-6-12)20(31)37-22(24)38-27(25,21(32)35-15)26(11,17)33/h5-8,11,14-18,22,29,33H,9-10H2,1-4H3/t11-,14?,15?,16-,17?,18-,22?,24?,25?,26+,27+/m0/s1. The normalized spacial score (nSPS) is 49.9. The Hall–Kier alpha value is -2.24. The second kappa shape index (κ2) is 7.09. The van der Waals surface area contributed by atoms with E-state index in [0.717, 1.165) is 5.56 Å². The monoisotopic (exact) mass is 548 g/mol. The van der Waals surface area contributed by atoms with E-state index in [1.807, 2.05) is 20.8 Å². The van der Waals surface area contributed by atoms with E-state index in [9.17, 15) is 24.6 Å². The van der Waals surface area contributed by atoms with Crippen molar-refractivity contribution in [1.82, 2.24) is 0 Å². The molecular formula is C27H29ClO10. The Balaban J connectivity index is 1.45. The van der Waals surface area contributed by atoms with Crippen molar-refractivity contribution in [1.29, 1.82) is 0 Å².